The summed E-state index contributed by atoms with van der Waals surface area (Å²) in [6.45, 7) is 5.34. The van der Waals surface area contributed by atoms with Crippen LogP contribution in [0, 0.1) is 0 Å². The predicted octanol–water partition coefficient (Wildman–Crippen LogP) is 3.70. The van der Waals surface area contributed by atoms with Crippen LogP contribution >= 0.6 is 0 Å². The van der Waals surface area contributed by atoms with E-state index in [1.807, 2.05) is 36.4 Å². The van der Waals surface area contributed by atoms with Gasteiger partial charge in [-0.15, -0.1) is 0 Å². The van der Waals surface area contributed by atoms with Crippen molar-refractivity contribution in [3.05, 3.63) is 47.5 Å². The van der Waals surface area contributed by atoms with Crippen molar-refractivity contribution in [1.29, 1.82) is 0 Å². The van der Waals surface area contributed by atoms with E-state index in [0.29, 0.717) is 19.4 Å². The van der Waals surface area contributed by atoms with E-state index in [2.05, 4.69) is 11.8 Å². The highest BCUT2D eigenvalue weighted by Crippen LogP contribution is 2.41. The number of rotatable bonds is 7. The zero-order valence-corrected chi connectivity index (χ0v) is 17.1. The van der Waals surface area contributed by atoms with Gasteiger partial charge < -0.3 is 24.1 Å². The highest BCUT2D eigenvalue weighted by molar-refractivity contribution is 5.52. The second-order valence-corrected chi connectivity index (χ2v) is 7.67. The molecule has 1 fully saturated rings. The molecular formula is C23H29NO5. The molecule has 1 saturated heterocycles. The van der Waals surface area contributed by atoms with E-state index >= 15 is 0 Å². The molecule has 0 spiro atoms. The number of fused-ring (bicyclic) bond motifs is 1. The van der Waals surface area contributed by atoms with Crippen LogP contribution in [0.3, 0.4) is 0 Å². The molecule has 2 aromatic rings. The number of hydrogen-bond acceptors (Lipinski definition) is 6. The van der Waals surface area contributed by atoms with E-state index in [0.717, 1.165) is 60.2 Å². The molecule has 0 amide bonds. The Balaban J connectivity index is 1.47. The largest absolute Gasteiger partial charge is 0.496 e. The third kappa shape index (κ3) is 4.14. The standard InChI is InChI=1S/C23H29NO5/c1-3-12-27-20-14-22-21(28-16-29-22)13-17(20)15-24-10-8-23(25,9-11-24)18-6-4-5-7-19(18)26-2/h4-7,13-14,25H,3,8-12,15-16H2,1-2H3. The maximum Gasteiger partial charge on any atom is 0.231 e. The lowest BCUT2D eigenvalue weighted by atomic mass is 9.83. The van der Waals surface area contributed by atoms with Gasteiger partial charge in [0.05, 0.1) is 19.3 Å². The van der Waals surface area contributed by atoms with Gasteiger partial charge in [0.2, 0.25) is 6.79 Å². The number of para-hydroxylation sites is 1. The zero-order valence-electron chi connectivity index (χ0n) is 17.1. The van der Waals surface area contributed by atoms with Crippen molar-refractivity contribution >= 4 is 0 Å². The van der Waals surface area contributed by atoms with Gasteiger partial charge in [0, 0.05) is 36.8 Å². The normalized spacial score (nSPS) is 17.9. The molecule has 156 valence electrons. The summed E-state index contributed by atoms with van der Waals surface area (Å²) in [5.41, 5.74) is 1.10. The predicted molar refractivity (Wildman–Crippen MR) is 110 cm³/mol. The van der Waals surface area contributed by atoms with Gasteiger partial charge >= 0.3 is 0 Å². The van der Waals surface area contributed by atoms with Gasteiger partial charge in [-0.05, 0) is 31.4 Å². The third-order valence-corrected chi connectivity index (χ3v) is 5.70. The fourth-order valence-electron chi connectivity index (χ4n) is 4.06. The first-order valence-electron chi connectivity index (χ1n) is 10.3. The minimum absolute atomic E-state index is 0.252. The molecule has 0 aliphatic carbocycles. The molecule has 0 saturated carbocycles. The first kappa shape index (κ1) is 19.9. The number of benzene rings is 2. The van der Waals surface area contributed by atoms with Crippen LogP contribution in [0.15, 0.2) is 36.4 Å². The smallest absolute Gasteiger partial charge is 0.231 e. The summed E-state index contributed by atoms with van der Waals surface area (Å²) < 4.78 is 22.5. The zero-order chi connectivity index (χ0) is 20.3. The Labute approximate surface area is 171 Å². The summed E-state index contributed by atoms with van der Waals surface area (Å²) in [6.07, 6.45) is 2.26. The van der Waals surface area contributed by atoms with E-state index in [1.165, 1.54) is 0 Å². The van der Waals surface area contributed by atoms with Crippen LogP contribution in [0.4, 0.5) is 0 Å². The van der Waals surface area contributed by atoms with Crippen molar-refractivity contribution in [2.24, 2.45) is 0 Å². The van der Waals surface area contributed by atoms with Crippen LogP contribution in [-0.4, -0.2) is 43.6 Å². The second kappa shape index (κ2) is 8.51. The molecule has 2 aliphatic heterocycles. The van der Waals surface area contributed by atoms with Crippen molar-refractivity contribution in [3.63, 3.8) is 0 Å². The van der Waals surface area contributed by atoms with Crippen LogP contribution in [0.25, 0.3) is 0 Å². The van der Waals surface area contributed by atoms with Gasteiger partial charge in [0.25, 0.3) is 0 Å². The lowest BCUT2D eigenvalue weighted by molar-refractivity contribution is -0.0293. The number of aliphatic hydroxyl groups is 1. The lowest BCUT2D eigenvalue weighted by Gasteiger charge is -2.39. The lowest BCUT2D eigenvalue weighted by Crippen LogP contribution is -2.42. The van der Waals surface area contributed by atoms with Crippen molar-refractivity contribution in [3.8, 4) is 23.0 Å². The Bertz CT molecular complexity index is 845. The molecule has 2 aromatic carbocycles. The number of methoxy groups -OCH3 is 1. The van der Waals surface area contributed by atoms with Crippen molar-refractivity contribution in [2.75, 3.05) is 33.6 Å². The Morgan fingerprint density at radius 2 is 1.79 bits per heavy atom. The van der Waals surface area contributed by atoms with E-state index < -0.39 is 5.60 Å². The number of hydrogen-bond donors (Lipinski definition) is 1. The van der Waals surface area contributed by atoms with Gasteiger partial charge in [-0.1, -0.05) is 25.1 Å². The number of ether oxygens (including phenoxy) is 4. The average Bonchev–Trinajstić information content (AvgIpc) is 3.21. The summed E-state index contributed by atoms with van der Waals surface area (Å²) in [5, 5.41) is 11.3. The van der Waals surface area contributed by atoms with Gasteiger partial charge in [0.15, 0.2) is 11.5 Å². The van der Waals surface area contributed by atoms with Crippen LogP contribution in [0.5, 0.6) is 23.0 Å². The van der Waals surface area contributed by atoms with Gasteiger partial charge in [-0.3, -0.25) is 4.90 Å². The molecule has 0 aromatic heterocycles. The molecular weight excluding hydrogens is 370 g/mol. The number of likely N-dealkylation sites (tertiary alicyclic amines) is 1. The molecule has 2 aliphatic rings. The highest BCUT2D eigenvalue weighted by atomic mass is 16.7. The van der Waals surface area contributed by atoms with E-state index in [4.69, 9.17) is 18.9 Å². The Kier molecular flexibility index (Phi) is 5.83. The highest BCUT2D eigenvalue weighted by Gasteiger charge is 2.36. The molecule has 0 unspecified atom stereocenters. The van der Waals surface area contributed by atoms with E-state index in [-0.39, 0.29) is 6.79 Å². The maximum absolute atomic E-state index is 11.3. The molecule has 0 radical (unpaired) electrons. The van der Waals surface area contributed by atoms with Crippen LogP contribution < -0.4 is 18.9 Å². The first-order chi connectivity index (χ1) is 14.1. The molecule has 1 N–H and O–H groups in total. The molecule has 6 heteroatoms. The summed E-state index contributed by atoms with van der Waals surface area (Å²) in [5.74, 6) is 3.10. The van der Waals surface area contributed by atoms with Crippen LogP contribution in [0.2, 0.25) is 0 Å². The second-order valence-electron chi connectivity index (χ2n) is 7.67. The molecule has 6 nitrogen and oxygen atoms in total. The van der Waals surface area contributed by atoms with Gasteiger partial charge in [-0.2, -0.15) is 0 Å². The summed E-state index contributed by atoms with van der Waals surface area (Å²) in [7, 11) is 1.65. The SMILES string of the molecule is CCCOc1cc2c(cc1CN1CCC(O)(c3ccccc3OC)CC1)OCO2. The Hall–Kier alpha value is -2.44. The van der Waals surface area contributed by atoms with E-state index in [9.17, 15) is 5.11 Å². The molecule has 29 heavy (non-hydrogen) atoms. The number of piperidine rings is 1. The minimum atomic E-state index is -0.862. The van der Waals surface area contributed by atoms with Gasteiger partial charge in [0.1, 0.15) is 11.5 Å². The molecule has 2 heterocycles. The monoisotopic (exact) mass is 399 g/mol. The third-order valence-electron chi connectivity index (χ3n) is 5.70. The summed E-state index contributed by atoms with van der Waals surface area (Å²) in [6, 6.07) is 11.7. The quantitative estimate of drug-likeness (QED) is 0.766. The molecule has 0 bridgehead atoms. The minimum Gasteiger partial charge on any atom is -0.496 e. The summed E-state index contributed by atoms with van der Waals surface area (Å²) >= 11 is 0. The maximum atomic E-state index is 11.3. The topological polar surface area (TPSA) is 60.4 Å². The van der Waals surface area contributed by atoms with Crippen molar-refractivity contribution < 1.29 is 24.1 Å². The Morgan fingerprint density at radius 3 is 2.52 bits per heavy atom. The van der Waals surface area contributed by atoms with Crippen LogP contribution in [-0.2, 0) is 12.1 Å². The summed E-state index contributed by atoms with van der Waals surface area (Å²) in [4.78, 5) is 2.35. The average molecular weight is 399 g/mol. The van der Waals surface area contributed by atoms with Crippen molar-refractivity contribution in [1.82, 2.24) is 4.90 Å². The fraction of sp³-hybridized carbons (Fsp3) is 0.478. The first-order valence-corrected chi connectivity index (χ1v) is 10.3. The Morgan fingerprint density at radius 1 is 1.07 bits per heavy atom. The molecule has 4 rings (SSSR count). The van der Waals surface area contributed by atoms with Gasteiger partial charge in [-0.25, -0.2) is 0 Å². The van der Waals surface area contributed by atoms with E-state index in [1.54, 1.807) is 7.11 Å². The number of nitrogens with zero attached hydrogens (tertiary/aromatic N) is 1. The fourth-order valence-corrected chi connectivity index (χ4v) is 4.06. The molecule has 0 atom stereocenters. The van der Waals surface area contributed by atoms with Crippen molar-refractivity contribution in [2.45, 2.75) is 38.3 Å². The van der Waals surface area contributed by atoms with Crippen LogP contribution in [0.1, 0.15) is 37.3 Å².